The van der Waals surface area contributed by atoms with Crippen LogP contribution in [-0.4, -0.2) is 57.4 Å². The fraction of sp³-hybridized carbons (Fsp3) is 0.500. The summed E-state index contributed by atoms with van der Waals surface area (Å²) in [6, 6.07) is 3.36. The number of methoxy groups -OCH3 is 2. The molecule has 0 fully saturated rings. The maximum atomic E-state index is 11.3. The molecule has 7 nitrogen and oxygen atoms in total. The molecule has 0 heterocycles. The molecule has 0 saturated carbocycles. The number of aromatic hydroxyl groups is 1. The van der Waals surface area contributed by atoms with E-state index in [2.05, 4.69) is 10.6 Å². The number of urea groups is 1. The van der Waals surface area contributed by atoms with Gasteiger partial charge in [0.2, 0.25) is 5.75 Å². The molecular weight excluding hydrogens is 274 g/mol. The Balaban J connectivity index is 2.47. The van der Waals surface area contributed by atoms with Crippen LogP contribution in [0, 0.1) is 0 Å². The van der Waals surface area contributed by atoms with E-state index in [-0.39, 0.29) is 11.8 Å². The van der Waals surface area contributed by atoms with Crippen LogP contribution in [0.3, 0.4) is 0 Å². The van der Waals surface area contributed by atoms with Gasteiger partial charge in [-0.15, -0.1) is 0 Å². The number of phenolic OH excluding ortho intramolecular Hbond substituents is 1. The normalized spacial score (nSPS) is 10.1. The SMILES string of the molecule is COc1cc(CNCCNC(=O)N(C)C)cc(OC)c1O. The minimum atomic E-state index is -0.121. The molecule has 0 saturated heterocycles. The summed E-state index contributed by atoms with van der Waals surface area (Å²) >= 11 is 0. The molecular formula is C14H23N3O4. The van der Waals surface area contributed by atoms with Crippen LogP contribution >= 0.6 is 0 Å². The summed E-state index contributed by atoms with van der Waals surface area (Å²) in [5.74, 6) is 0.723. The fourth-order valence-electron chi connectivity index (χ4n) is 1.70. The highest BCUT2D eigenvalue weighted by Crippen LogP contribution is 2.36. The van der Waals surface area contributed by atoms with Gasteiger partial charge in [-0.25, -0.2) is 4.79 Å². The van der Waals surface area contributed by atoms with Crippen LogP contribution in [0.1, 0.15) is 5.56 Å². The number of phenols is 1. The van der Waals surface area contributed by atoms with Gasteiger partial charge < -0.3 is 30.1 Å². The van der Waals surface area contributed by atoms with Gasteiger partial charge in [-0.3, -0.25) is 0 Å². The average Bonchev–Trinajstić information content (AvgIpc) is 2.47. The zero-order chi connectivity index (χ0) is 15.8. The Morgan fingerprint density at radius 3 is 2.24 bits per heavy atom. The molecule has 0 spiro atoms. The van der Waals surface area contributed by atoms with Gasteiger partial charge >= 0.3 is 6.03 Å². The van der Waals surface area contributed by atoms with Gasteiger partial charge in [0.1, 0.15) is 0 Å². The molecule has 0 aromatic heterocycles. The molecule has 2 amide bonds. The second kappa shape index (κ2) is 8.21. The Kier molecular flexibility index (Phi) is 6.61. The number of hydrogen-bond acceptors (Lipinski definition) is 5. The molecule has 0 aliphatic carbocycles. The third-order valence-corrected chi connectivity index (χ3v) is 2.85. The summed E-state index contributed by atoms with van der Waals surface area (Å²) in [5, 5.41) is 15.8. The molecule has 0 aliphatic heterocycles. The standard InChI is InChI=1S/C14H23N3O4/c1-17(2)14(19)16-6-5-15-9-10-7-11(20-3)13(18)12(8-10)21-4/h7-8,15,18H,5-6,9H2,1-4H3,(H,16,19). The Hall–Kier alpha value is -2.15. The highest BCUT2D eigenvalue weighted by Gasteiger charge is 2.10. The Morgan fingerprint density at radius 1 is 1.19 bits per heavy atom. The van der Waals surface area contributed by atoms with E-state index in [0.29, 0.717) is 31.1 Å². The van der Waals surface area contributed by atoms with E-state index in [4.69, 9.17) is 9.47 Å². The van der Waals surface area contributed by atoms with Crippen LogP contribution in [0.5, 0.6) is 17.2 Å². The van der Waals surface area contributed by atoms with Crippen LogP contribution in [0.4, 0.5) is 4.79 Å². The second-order valence-corrected chi connectivity index (χ2v) is 4.65. The number of amides is 2. The fourth-order valence-corrected chi connectivity index (χ4v) is 1.70. The van der Waals surface area contributed by atoms with E-state index >= 15 is 0 Å². The van der Waals surface area contributed by atoms with Crippen LogP contribution in [-0.2, 0) is 6.54 Å². The zero-order valence-electron chi connectivity index (χ0n) is 12.9. The number of nitrogens with zero attached hydrogens (tertiary/aromatic N) is 1. The number of carbonyl (C=O) groups is 1. The van der Waals surface area contributed by atoms with Crippen molar-refractivity contribution in [1.29, 1.82) is 0 Å². The lowest BCUT2D eigenvalue weighted by Gasteiger charge is -2.13. The van der Waals surface area contributed by atoms with E-state index in [1.54, 1.807) is 26.2 Å². The van der Waals surface area contributed by atoms with E-state index < -0.39 is 0 Å². The van der Waals surface area contributed by atoms with Gasteiger partial charge in [-0.1, -0.05) is 0 Å². The largest absolute Gasteiger partial charge is 0.502 e. The van der Waals surface area contributed by atoms with Crippen LogP contribution in [0.2, 0.25) is 0 Å². The third kappa shape index (κ3) is 5.03. The van der Waals surface area contributed by atoms with Crippen molar-refractivity contribution in [1.82, 2.24) is 15.5 Å². The second-order valence-electron chi connectivity index (χ2n) is 4.65. The first-order valence-corrected chi connectivity index (χ1v) is 6.59. The highest BCUT2D eigenvalue weighted by molar-refractivity contribution is 5.73. The summed E-state index contributed by atoms with van der Waals surface area (Å²) in [6.45, 7) is 1.74. The van der Waals surface area contributed by atoms with E-state index in [9.17, 15) is 9.90 Å². The lowest BCUT2D eigenvalue weighted by Crippen LogP contribution is -2.38. The molecule has 0 atom stereocenters. The Morgan fingerprint density at radius 2 is 1.76 bits per heavy atom. The first-order chi connectivity index (χ1) is 9.99. The van der Waals surface area contributed by atoms with Crippen molar-refractivity contribution in [3.63, 3.8) is 0 Å². The molecule has 0 bridgehead atoms. The Bertz CT molecular complexity index is 452. The lowest BCUT2D eigenvalue weighted by molar-refractivity contribution is 0.217. The number of carbonyl (C=O) groups excluding carboxylic acids is 1. The van der Waals surface area contributed by atoms with Crippen molar-refractivity contribution in [2.24, 2.45) is 0 Å². The number of benzene rings is 1. The predicted molar refractivity (Wildman–Crippen MR) is 80.0 cm³/mol. The van der Waals surface area contributed by atoms with Crippen molar-refractivity contribution in [2.75, 3.05) is 41.4 Å². The van der Waals surface area contributed by atoms with Gasteiger partial charge in [0.05, 0.1) is 14.2 Å². The predicted octanol–water partition coefficient (Wildman–Crippen LogP) is 0.770. The van der Waals surface area contributed by atoms with Gasteiger partial charge in [-0.2, -0.15) is 0 Å². The number of rotatable bonds is 7. The van der Waals surface area contributed by atoms with E-state index in [1.807, 2.05) is 0 Å². The van der Waals surface area contributed by atoms with Gasteiger partial charge in [0, 0.05) is 33.7 Å². The van der Waals surface area contributed by atoms with Crippen molar-refractivity contribution >= 4 is 6.03 Å². The first-order valence-electron chi connectivity index (χ1n) is 6.59. The monoisotopic (exact) mass is 297 g/mol. The minimum absolute atomic E-state index is 0.0120. The molecule has 1 rings (SSSR count). The number of ether oxygens (including phenoxy) is 2. The molecule has 1 aromatic rings. The maximum Gasteiger partial charge on any atom is 0.316 e. The molecule has 0 aliphatic rings. The summed E-state index contributed by atoms with van der Waals surface area (Å²) in [5.41, 5.74) is 0.917. The molecule has 21 heavy (non-hydrogen) atoms. The maximum absolute atomic E-state index is 11.3. The van der Waals surface area contributed by atoms with E-state index in [0.717, 1.165) is 5.56 Å². The zero-order valence-corrected chi connectivity index (χ0v) is 12.9. The summed E-state index contributed by atoms with van der Waals surface area (Å²) in [4.78, 5) is 12.8. The minimum Gasteiger partial charge on any atom is -0.502 e. The van der Waals surface area contributed by atoms with Crippen molar-refractivity contribution in [2.45, 2.75) is 6.54 Å². The highest BCUT2D eigenvalue weighted by atomic mass is 16.5. The van der Waals surface area contributed by atoms with Gasteiger partial charge in [0.15, 0.2) is 11.5 Å². The number of nitrogens with one attached hydrogen (secondary N) is 2. The quantitative estimate of drug-likeness (QED) is 0.648. The van der Waals surface area contributed by atoms with Gasteiger partial charge in [-0.05, 0) is 17.7 Å². The molecule has 3 N–H and O–H groups in total. The molecule has 0 radical (unpaired) electrons. The lowest BCUT2D eigenvalue weighted by atomic mass is 10.2. The smallest absolute Gasteiger partial charge is 0.316 e. The van der Waals surface area contributed by atoms with Crippen molar-refractivity contribution in [3.8, 4) is 17.2 Å². The molecule has 1 aromatic carbocycles. The third-order valence-electron chi connectivity index (χ3n) is 2.85. The van der Waals surface area contributed by atoms with Crippen LogP contribution in [0.15, 0.2) is 12.1 Å². The molecule has 0 unspecified atom stereocenters. The van der Waals surface area contributed by atoms with Crippen molar-refractivity contribution < 1.29 is 19.4 Å². The summed E-state index contributed by atoms with van der Waals surface area (Å²) < 4.78 is 10.2. The van der Waals surface area contributed by atoms with Crippen LogP contribution < -0.4 is 20.1 Å². The summed E-state index contributed by atoms with van der Waals surface area (Å²) in [7, 11) is 6.36. The van der Waals surface area contributed by atoms with E-state index in [1.165, 1.54) is 19.1 Å². The van der Waals surface area contributed by atoms with Gasteiger partial charge in [0.25, 0.3) is 0 Å². The average molecular weight is 297 g/mol. The molecule has 7 heteroatoms. The summed E-state index contributed by atoms with van der Waals surface area (Å²) in [6.07, 6.45) is 0. The topological polar surface area (TPSA) is 83.1 Å². The number of hydrogen-bond donors (Lipinski definition) is 3. The van der Waals surface area contributed by atoms with Crippen LogP contribution in [0.25, 0.3) is 0 Å². The first kappa shape index (κ1) is 16.9. The van der Waals surface area contributed by atoms with Crippen molar-refractivity contribution in [3.05, 3.63) is 17.7 Å². The Labute approximate surface area is 124 Å². The molecule has 118 valence electrons.